The van der Waals surface area contributed by atoms with Gasteiger partial charge in [0.25, 0.3) is 0 Å². The lowest BCUT2D eigenvalue weighted by Gasteiger charge is -2.19. The molecule has 6 nitrogen and oxygen atoms in total. The number of pyridine rings is 1. The van der Waals surface area contributed by atoms with Gasteiger partial charge in [-0.3, -0.25) is 4.98 Å². The van der Waals surface area contributed by atoms with Crippen molar-refractivity contribution in [2.75, 3.05) is 11.1 Å². The summed E-state index contributed by atoms with van der Waals surface area (Å²) in [7, 11) is 0. The molecule has 0 radical (unpaired) electrons. The fraction of sp³-hybridized carbons (Fsp3) is 0.111. The van der Waals surface area contributed by atoms with Crippen LogP contribution in [0.2, 0.25) is 0 Å². The third kappa shape index (κ3) is 3.18. The molecule has 0 saturated carbocycles. The number of ether oxygens (including phenoxy) is 1. The topological polar surface area (TPSA) is 72.8 Å². The number of hydrogen-bond donors (Lipinski definition) is 1. The van der Waals surface area contributed by atoms with E-state index in [9.17, 15) is 0 Å². The number of para-hydroxylation sites is 1. The van der Waals surface area contributed by atoms with Gasteiger partial charge in [0.1, 0.15) is 0 Å². The highest BCUT2D eigenvalue weighted by Crippen LogP contribution is 2.39. The van der Waals surface area contributed by atoms with E-state index in [1.165, 1.54) is 11.8 Å². The van der Waals surface area contributed by atoms with Gasteiger partial charge in [-0.2, -0.15) is 4.98 Å². The van der Waals surface area contributed by atoms with E-state index in [4.69, 9.17) is 4.74 Å². The Labute approximate surface area is 149 Å². The second kappa shape index (κ2) is 6.90. The number of hydrogen-bond acceptors (Lipinski definition) is 7. The van der Waals surface area contributed by atoms with Crippen LogP contribution in [0.5, 0.6) is 5.88 Å². The molecule has 124 valence electrons. The van der Waals surface area contributed by atoms with Crippen LogP contribution < -0.4 is 10.1 Å². The average molecular weight is 349 g/mol. The van der Waals surface area contributed by atoms with Crippen LogP contribution in [0.3, 0.4) is 0 Å². The predicted octanol–water partition coefficient (Wildman–Crippen LogP) is 3.71. The lowest BCUT2D eigenvalue weighted by atomic mass is 10.1. The highest BCUT2D eigenvalue weighted by atomic mass is 32.2. The van der Waals surface area contributed by atoms with E-state index in [1.807, 2.05) is 36.4 Å². The van der Waals surface area contributed by atoms with Gasteiger partial charge in [0.15, 0.2) is 11.9 Å². The van der Waals surface area contributed by atoms with Crippen molar-refractivity contribution in [2.24, 2.45) is 0 Å². The molecule has 0 amide bonds. The molecule has 3 aromatic rings. The van der Waals surface area contributed by atoms with Gasteiger partial charge in [0, 0.05) is 35.0 Å². The van der Waals surface area contributed by atoms with Crippen molar-refractivity contribution in [1.29, 1.82) is 0 Å². The Morgan fingerprint density at radius 3 is 2.84 bits per heavy atom. The monoisotopic (exact) mass is 349 g/mol. The van der Waals surface area contributed by atoms with Crippen molar-refractivity contribution in [3.63, 3.8) is 0 Å². The van der Waals surface area contributed by atoms with Gasteiger partial charge in [-0.1, -0.05) is 36.0 Å². The highest BCUT2D eigenvalue weighted by molar-refractivity contribution is 7.99. The smallest absolute Gasteiger partial charge is 0.247 e. The summed E-state index contributed by atoms with van der Waals surface area (Å²) in [6.07, 6.45) is 4.89. The second-order valence-electron chi connectivity index (χ2n) is 5.32. The largest absolute Gasteiger partial charge is 0.448 e. The van der Waals surface area contributed by atoms with Gasteiger partial charge in [-0.25, -0.2) is 0 Å². The van der Waals surface area contributed by atoms with E-state index in [2.05, 4.69) is 32.1 Å². The molecule has 7 heteroatoms. The first-order valence-corrected chi connectivity index (χ1v) is 8.74. The molecule has 1 N–H and O–H groups in total. The molecule has 0 bridgehead atoms. The average Bonchev–Trinajstić information content (AvgIpc) is 2.83. The number of nitrogens with zero attached hydrogens (tertiary/aromatic N) is 4. The number of benzene rings is 1. The normalized spacial score (nSPS) is 15.1. The third-order valence-electron chi connectivity index (χ3n) is 3.67. The molecule has 3 heterocycles. The zero-order valence-corrected chi connectivity index (χ0v) is 14.1. The predicted molar refractivity (Wildman–Crippen MR) is 97.4 cm³/mol. The van der Waals surface area contributed by atoms with Crippen LogP contribution in [0.25, 0.3) is 11.3 Å². The van der Waals surface area contributed by atoms with Gasteiger partial charge in [0.2, 0.25) is 11.0 Å². The summed E-state index contributed by atoms with van der Waals surface area (Å²) in [5.74, 6) is 1.17. The maximum Gasteiger partial charge on any atom is 0.247 e. The summed E-state index contributed by atoms with van der Waals surface area (Å²) >= 11 is 1.47. The summed E-state index contributed by atoms with van der Waals surface area (Å²) in [6, 6.07) is 11.7. The standard InChI is InChI=1S/C18H15N5OS/c1-2-11-25-18-21-17-15(22-23-18)13-5-3-4-6-14(13)20-16(24-17)12-7-9-19-10-8-12/h2-10,16,20H,1,11H2/t16-/m0/s1. The fourth-order valence-corrected chi connectivity index (χ4v) is 3.04. The summed E-state index contributed by atoms with van der Waals surface area (Å²) in [5.41, 5.74) is 3.42. The van der Waals surface area contributed by atoms with Gasteiger partial charge < -0.3 is 10.1 Å². The van der Waals surface area contributed by atoms with Crippen molar-refractivity contribution in [3.05, 3.63) is 67.0 Å². The van der Waals surface area contributed by atoms with Crippen molar-refractivity contribution in [3.8, 4) is 17.1 Å². The first kappa shape index (κ1) is 15.6. The number of rotatable bonds is 4. The molecule has 1 aliphatic rings. The Balaban J connectivity index is 1.80. The summed E-state index contributed by atoms with van der Waals surface area (Å²) < 4.78 is 6.15. The number of fused-ring (bicyclic) bond motifs is 3. The minimum absolute atomic E-state index is 0.389. The van der Waals surface area contributed by atoms with Crippen LogP contribution in [0.15, 0.2) is 66.6 Å². The highest BCUT2D eigenvalue weighted by Gasteiger charge is 2.25. The number of nitrogens with one attached hydrogen (secondary N) is 1. The Morgan fingerprint density at radius 2 is 2.00 bits per heavy atom. The molecule has 0 saturated heterocycles. The van der Waals surface area contributed by atoms with Gasteiger partial charge in [0.05, 0.1) is 0 Å². The summed E-state index contributed by atoms with van der Waals surface area (Å²) in [5, 5.41) is 12.5. The first-order chi connectivity index (χ1) is 12.3. The lowest BCUT2D eigenvalue weighted by Crippen LogP contribution is -2.17. The SMILES string of the molecule is C=CCSc1nnc2c(n1)O[C@@H](c1ccncc1)Nc1ccccc1-2. The van der Waals surface area contributed by atoms with E-state index in [0.29, 0.717) is 22.5 Å². The quantitative estimate of drug-likeness (QED) is 0.568. The molecule has 0 spiro atoms. The number of thioether (sulfide) groups is 1. The van der Waals surface area contributed by atoms with Crippen LogP contribution in [0.4, 0.5) is 5.69 Å². The van der Waals surface area contributed by atoms with Crippen molar-refractivity contribution < 1.29 is 4.74 Å². The summed E-state index contributed by atoms with van der Waals surface area (Å²) in [6.45, 7) is 3.72. The Hall–Kier alpha value is -2.93. The van der Waals surface area contributed by atoms with E-state index >= 15 is 0 Å². The van der Waals surface area contributed by atoms with Gasteiger partial charge >= 0.3 is 0 Å². The van der Waals surface area contributed by atoms with Crippen LogP contribution >= 0.6 is 11.8 Å². The van der Waals surface area contributed by atoms with Gasteiger partial charge in [-0.05, 0) is 18.2 Å². The molecule has 1 aliphatic heterocycles. The van der Waals surface area contributed by atoms with E-state index in [0.717, 1.165) is 16.8 Å². The molecule has 0 aliphatic carbocycles. The molecule has 1 aromatic carbocycles. The van der Waals surface area contributed by atoms with E-state index in [1.54, 1.807) is 18.5 Å². The minimum atomic E-state index is -0.389. The molecular formula is C18H15N5OS. The van der Waals surface area contributed by atoms with Crippen LogP contribution in [0, 0.1) is 0 Å². The molecule has 0 fully saturated rings. The maximum atomic E-state index is 6.15. The first-order valence-electron chi connectivity index (χ1n) is 7.76. The van der Waals surface area contributed by atoms with Crippen molar-refractivity contribution in [1.82, 2.24) is 20.2 Å². The Bertz CT molecular complexity index is 903. The van der Waals surface area contributed by atoms with Gasteiger partial charge in [-0.15, -0.1) is 16.8 Å². The van der Waals surface area contributed by atoms with Crippen LogP contribution in [-0.4, -0.2) is 25.9 Å². The van der Waals surface area contributed by atoms with Crippen molar-refractivity contribution in [2.45, 2.75) is 11.4 Å². The molecule has 25 heavy (non-hydrogen) atoms. The maximum absolute atomic E-state index is 6.15. The molecule has 1 atom stereocenters. The minimum Gasteiger partial charge on any atom is -0.448 e. The lowest BCUT2D eigenvalue weighted by molar-refractivity contribution is 0.225. The Kier molecular flexibility index (Phi) is 4.30. The number of aromatic nitrogens is 4. The number of anilines is 1. The summed E-state index contributed by atoms with van der Waals surface area (Å²) in [4.78, 5) is 8.62. The second-order valence-corrected chi connectivity index (χ2v) is 6.30. The molecule has 0 unspecified atom stereocenters. The zero-order chi connectivity index (χ0) is 17.1. The van der Waals surface area contributed by atoms with Crippen molar-refractivity contribution >= 4 is 17.4 Å². The fourth-order valence-electron chi connectivity index (χ4n) is 2.53. The molecule has 2 aromatic heterocycles. The van der Waals surface area contributed by atoms with Crippen LogP contribution in [-0.2, 0) is 0 Å². The van der Waals surface area contributed by atoms with Crippen LogP contribution in [0.1, 0.15) is 11.8 Å². The van der Waals surface area contributed by atoms with E-state index < -0.39 is 0 Å². The zero-order valence-electron chi connectivity index (χ0n) is 13.3. The van der Waals surface area contributed by atoms with E-state index in [-0.39, 0.29) is 6.23 Å². The Morgan fingerprint density at radius 1 is 1.16 bits per heavy atom. The third-order valence-corrected chi connectivity index (χ3v) is 4.51. The molecular weight excluding hydrogens is 334 g/mol. The molecule has 4 rings (SSSR count).